The van der Waals surface area contributed by atoms with Gasteiger partial charge < -0.3 is 9.84 Å². The number of piperidine rings is 1. The van der Waals surface area contributed by atoms with Crippen molar-refractivity contribution in [3.8, 4) is 22.8 Å². The molecule has 0 saturated carbocycles. The number of halogens is 6. The second kappa shape index (κ2) is 12.3. The molecule has 2 aromatic carbocycles. The molecule has 1 aliphatic heterocycles. The van der Waals surface area contributed by atoms with Crippen LogP contribution in [-0.4, -0.2) is 56.6 Å². The lowest BCUT2D eigenvalue weighted by molar-refractivity contribution is -0.148. The van der Waals surface area contributed by atoms with E-state index in [1.165, 1.54) is 17.0 Å². The van der Waals surface area contributed by atoms with E-state index < -0.39 is 36.1 Å². The molecule has 1 fully saturated rings. The minimum atomic E-state index is -4.99. The van der Waals surface area contributed by atoms with Crippen LogP contribution in [0.15, 0.2) is 66.9 Å². The van der Waals surface area contributed by atoms with Crippen LogP contribution in [0.1, 0.15) is 51.5 Å². The Labute approximate surface area is 248 Å². The summed E-state index contributed by atoms with van der Waals surface area (Å²) >= 11 is 0. The number of alkyl halides is 6. The quantitative estimate of drug-likeness (QED) is 0.209. The number of carboxylic acids is 1. The van der Waals surface area contributed by atoms with Gasteiger partial charge in [-0.2, -0.15) is 31.4 Å². The van der Waals surface area contributed by atoms with Gasteiger partial charge in [-0.1, -0.05) is 36.4 Å². The Balaban J connectivity index is 1.32. The van der Waals surface area contributed by atoms with Gasteiger partial charge in [0.1, 0.15) is 17.9 Å². The highest BCUT2D eigenvalue weighted by Gasteiger charge is 2.41. The lowest BCUT2D eigenvalue weighted by Crippen LogP contribution is -2.39. The van der Waals surface area contributed by atoms with Gasteiger partial charge in [0.25, 0.3) is 0 Å². The van der Waals surface area contributed by atoms with Crippen LogP contribution in [0.4, 0.5) is 26.3 Å². The maximum atomic E-state index is 13.8. The van der Waals surface area contributed by atoms with Gasteiger partial charge in [0, 0.05) is 5.56 Å². The summed E-state index contributed by atoms with van der Waals surface area (Å²) in [5.41, 5.74) is 1.31. The predicted octanol–water partition coefficient (Wildman–Crippen LogP) is 7.28. The summed E-state index contributed by atoms with van der Waals surface area (Å²) in [5, 5.41) is 12.9. The van der Waals surface area contributed by atoms with Crippen molar-refractivity contribution in [1.29, 1.82) is 0 Å². The van der Waals surface area contributed by atoms with E-state index in [1.807, 2.05) is 25.1 Å². The van der Waals surface area contributed by atoms with E-state index in [0.29, 0.717) is 53.8 Å². The molecule has 13 heteroatoms. The van der Waals surface area contributed by atoms with Gasteiger partial charge in [0.05, 0.1) is 18.4 Å². The Hall–Kier alpha value is -4.39. The van der Waals surface area contributed by atoms with Gasteiger partial charge in [0.2, 0.25) is 0 Å². The second-order valence-corrected chi connectivity index (χ2v) is 10.6. The van der Waals surface area contributed by atoms with Crippen molar-refractivity contribution < 1.29 is 41.0 Å². The number of aryl methyl sites for hydroxylation is 1. The van der Waals surface area contributed by atoms with E-state index in [0.717, 1.165) is 16.7 Å². The maximum Gasteiger partial charge on any atom is 0.434 e. The fraction of sp³-hybridized carbons (Fsp3) is 0.323. The molecule has 0 spiro atoms. The fourth-order valence-electron chi connectivity index (χ4n) is 5.42. The molecule has 0 amide bonds. The van der Waals surface area contributed by atoms with E-state index in [9.17, 15) is 36.2 Å². The number of pyridine rings is 1. The predicted molar refractivity (Wildman–Crippen MR) is 149 cm³/mol. The van der Waals surface area contributed by atoms with Gasteiger partial charge in [0.15, 0.2) is 11.5 Å². The summed E-state index contributed by atoms with van der Waals surface area (Å²) in [6.45, 7) is 2.01. The average molecular weight is 619 g/mol. The molecule has 0 atom stereocenters. The summed E-state index contributed by atoms with van der Waals surface area (Å²) in [6, 6.07) is 17.2. The number of likely N-dealkylation sites (tertiary alicyclic amines) is 1. The Morgan fingerprint density at radius 1 is 1.00 bits per heavy atom. The standard InChI is InChI=1S/C31H28F6N4O3/c1-19-15-21(20-11-13-40(14-12-20)18-30(32,33)34)9-10-22(19)17-44-26-7-3-2-5-23(26)25-6-4-8-27(39-25)41-28(31(35,36)37)24(16-38-41)29(42)43/h2-10,15-16,20H,11-14,17-18H2,1H3,(H,42,43). The van der Waals surface area contributed by atoms with Gasteiger partial charge >= 0.3 is 18.3 Å². The third kappa shape index (κ3) is 7.04. The van der Waals surface area contributed by atoms with Crippen LogP contribution >= 0.6 is 0 Å². The third-order valence-electron chi connectivity index (χ3n) is 7.59. The van der Waals surface area contributed by atoms with E-state index in [-0.39, 0.29) is 18.3 Å². The fourth-order valence-corrected chi connectivity index (χ4v) is 5.42. The Morgan fingerprint density at radius 3 is 2.39 bits per heavy atom. The number of ether oxygens (including phenoxy) is 1. The number of hydrogen-bond donors (Lipinski definition) is 1. The maximum absolute atomic E-state index is 13.8. The Kier molecular flexibility index (Phi) is 8.69. The summed E-state index contributed by atoms with van der Waals surface area (Å²) < 4.78 is 86.0. The van der Waals surface area contributed by atoms with E-state index >= 15 is 0 Å². The van der Waals surface area contributed by atoms with E-state index in [1.54, 1.807) is 30.3 Å². The minimum absolute atomic E-state index is 0.173. The van der Waals surface area contributed by atoms with Crippen molar-refractivity contribution in [2.24, 2.45) is 0 Å². The third-order valence-corrected chi connectivity index (χ3v) is 7.59. The molecule has 0 radical (unpaired) electrons. The van der Waals surface area contributed by atoms with Gasteiger partial charge in [-0.3, -0.25) is 4.90 Å². The lowest BCUT2D eigenvalue weighted by atomic mass is 9.88. The zero-order valence-corrected chi connectivity index (χ0v) is 23.5. The monoisotopic (exact) mass is 618 g/mol. The number of hydrogen-bond acceptors (Lipinski definition) is 5. The van der Waals surface area contributed by atoms with Crippen LogP contribution < -0.4 is 4.74 Å². The van der Waals surface area contributed by atoms with Gasteiger partial charge in [-0.05, 0) is 79.7 Å². The Bertz CT molecular complexity index is 1640. The smallest absolute Gasteiger partial charge is 0.434 e. The molecule has 0 aliphatic carbocycles. The minimum Gasteiger partial charge on any atom is -0.488 e. The lowest BCUT2D eigenvalue weighted by Gasteiger charge is -2.32. The number of carbonyl (C=O) groups is 1. The summed E-state index contributed by atoms with van der Waals surface area (Å²) in [5.74, 6) is -1.37. The molecular formula is C31H28F6N4O3. The molecule has 1 saturated heterocycles. The molecule has 0 bridgehead atoms. The van der Waals surface area contributed by atoms with Crippen LogP contribution in [0, 0.1) is 6.92 Å². The average Bonchev–Trinajstić information content (AvgIpc) is 3.43. The summed E-state index contributed by atoms with van der Waals surface area (Å²) in [6.07, 6.45) is -7.26. The number of aromatic nitrogens is 3. The highest BCUT2D eigenvalue weighted by Crippen LogP contribution is 2.35. The van der Waals surface area contributed by atoms with Gasteiger partial charge in [-0.15, -0.1) is 0 Å². The van der Waals surface area contributed by atoms with Crippen LogP contribution in [0.2, 0.25) is 0 Å². The van der Waals surface area contributed by atoms with Gasteiger partial charge in [-0.25, -0.2) is 14.5 Å². The first-order valence-corrected chi connectivity index (χ1v) is 13.8. The number of rotatable bonds is 8. The van der Waals surface area contributed by atoms with Crippen molar-refractivity contribution in [1.82, 2.24) is 19.7 Å². The SMILES string of the molecule is Cc1cc(C2CCN(CC(F)(F)F)CC2)ccc1COc1ccccc1-c1cccc(-n2ncc(C(=O)O)c2C(F)(F)F)n1. The molecule has 1 N–H and O–H groups in total. The first kappa shape index (κ1) is 31.0. The number of benzene rings is 2. The molecular weight excluding hydrogens is 590 g/mol. The zero-order valence-electron chi connectivity index (χ0n) is 23.5. The first-order valence-electron chi connectivity index (χ1n) is 13.8. The van der Waals surface area contributed by atoms with Crippen LogP contribution in [0.25, 0.3) is 17.1 Å². The second-order valence-electron chi connectivity index (χ2n) is 10.6. The molecule has 232 valence electrons. The normalized spacial score (nSPS) is 15.0. The van der Waals surface area contributed by atoms with Crippen molar-refractivity contribution >= 4 is 5.97 Å². The van der Waals surface area contributed by atoms with Crippen LogP contribution in [0.5, 0.6) is 5.75 Å². The molecule has 2 aromatic heterocycles. The van der Waals surface area contributed by atoms with Crippen molar-refractivity contribution in [2.75, 3.05) is 19.6 Å². The Morgan fingerprint density at radius 2 is 1.73 bits per heavy atom. The molecule has 44 heavy (non-hydrogen) atoms. The molecule has 1 aliphatic rings. The highest BCUT2D eigenvalue weighted by molar-refractivity contribution is 5.89. The largest absolute Gasteiger partial charge is 0.488 e. The number of nitrogens with zero attached hydrogens (tertiary/aromatic N) is 4. The molecule has 4 aromatic rings. The molecule has 0 unspecified atom stereocenters. The molecule has 7 nitrogen and oxygen atoms in total. The first-order chi connectivity index (χ1) is 20.8. The number of carboxylic acid groups (broad SMARTS) is 1. The highest BCUT2D eigenvalue weighted by atomic mass is 19.4. The number of aromatic carboxylic acids is 1. The topological polar surface area (TPSA) is 80.5 Å². The van der Waals surface area contributed by atoms with Crippen molar-refractivity contribution in [3.05, 3.63) is 94.8 Å². The van der Waals surface area contributed by atoms with Crippen LogP contribution in [0.3, 0.4) is 0 Å². The van der Waals surface area contributed by atoms with Crippen LogP contribution in [-0.2, 0) is 12.8 Å². The van der Waals surface area contributed by atoms with E-state index in [4.69, 9.17) is 4.74 Å². The van der Waals surface area contributed by atoms with E-state index in [2.05, 4.69) is 10.1 Å². The van der Waals surface area contributed by atoms with Crippen molar-refractivity contribution in [3.63, 3.8) is 0 Å². The van der Waals surface area contributed by atoms with Crippen molar-refractivity contribution in [2.45, 2.75) is 44.6 Å². The zero-order chi connectivity index (χ0) is 31.6. The summed E-state index contributed by atoms with van der Waals surface area (Å²) in [4.78, 5) is 17.2. The summed E-state index contributed by atoms with van der Waals surface area (Å²) in [7, 11) is 0. The molecule has 3 heterocycles. The number of para-hydroxylation sites is 1. The molecule has 5 rings (SSSR count).